The summed E-state index contributed by atoms with van der Waals surface area (Å²) in [4.78, 5) is 13.5. The van der Waals surface area contributed by atoms with Crippen LogP contribution in [0.5, 0.6) is 0 Å². The van der Waals surface area contributed by atoms with Crippen molar-refractivity contribution in [3.63, 3.8) is 0 Å². The zero-order chi connectivity index (χ0) is 15.1. The molecule has 1 aromatic carbocycles. The number of hydrogen-bond donors (Lipinski definition) is 0. The van der Waals surface area contributed by atoms with E-state index in [2.05, 4.69) is 22.0 Å². The number of alkyl halides is 1. The van der Waals surface area contributed by atoms with E-state index in [4.69, 9.17) is 23.2 Å². The molecule has 1 aromatic heterocycles. The Hall–Kier alpha value is -0.550. The molecule has 3 rings (SSSR count). The fraction of sp³-hybridized carbons (Fsp3) is 0.267. The van der Waals surface area contributed by atoms with Crippen molar-refractivity contribution in [1.29, 1.82) is 0 Å². The van der Waals surface area contributed by atoms with Crippen LogP contribution in [0.4, 0.5) is 5.69 Å². The average molecular weight is 405 g/mol. The molecular weight excluding hydrogens is 393 g/mol. The van der Waals surface area contributed by atoms with E-state index >= 15 is 0 Å². The molecular formula is C15H12BrCl2NOS. The van der Waals surface area contributed by atoms with Crippen molar-refractivity contribution < 1.29 is 4.79 Å². The maximum Gasteiger partial charge on any atom is 0.227 e. The number of carbonyl (C=O) groups is 1. The zero-order valence-corrected chi connectivity index (χ0v) is 15.1. The molecule has 2 aromatic rings. The summed E-state index contributed by atoms with van der Waals surface area (Å²) >= 11 is 17.3. The quantitative estimate of drug-likeness (QED) is 0.609. The van der Waals surface area contributed by atoms with Gasteiger partial charge in [-0.1, -0.05) is 51.3 Å². The summed E-state index contributed by atoms with van der Waals surface area (Å²) in [6.07, 6.45) is 1.34. The van der Waals surface area contributed by atoms with Gasteiger partial charge in [-0.3, -0.25) is 4.79 Å². The Kier molecular flexibility index (Phi) is 4.33. The molecule has 2 nitrogen and oxygen atoms in total. The molecule has 0 saturated heterocycles. The second kappa shape index (κ2) is 5.92. The van der Waals surface area contributed by atoms with Crippen LogP contribution in [0, 0.1) is 0 Å². The standard InChI is InChI=1S/C15H12BrCl2NOS/c1-19-11-4-2-9(6-8(11)3-5-13(19)20)14(16)10-7-12(17)21-15(10)18/h2,4,6-7,14H,3,5H2,1H3. The molecule has 110 valence electrons. The minimum absolute atomic E-state index is 0.00184. The van der Waals surface area contributed by atoms with Crippen molar-refractivity contribution in [2.45, 2.75) is 17.7 Å². The number of fused-ring (bicyclic) bond motifs is 1. The predicted octanol–water partition coefficient (Wildman–Crippen LogP) is 5.45. The third-order valence-electron chi connectivity index (χ3n) is 3.70. The highest BCUT2D eigenvalue weighted by atomic mass is 79.9. The minimum Gasteiger partial charge on any atom is -0.315 e. The average Bonchev–Trinajstić information content (AvgIpc) is 2.80. The maximum absolute atomic E-state index is 11.7. The molecule has 0 N–H and O–H groups in total. The second-order valence-electron chi connectivity index (χ2n) is 4.98. The van der Waals surface area contributed by atoms with Crippen molar-refractivity contribution in [2.75, 3.05) is 11.9 Å². The van der Waals surface area contributed by atoms with E-state index in [0.29, 0.717) is 15.1 Å². The first kappa shape index (κ1) is 15.3. The van der Waals surface area contributed by atoms with Crippen LogP contribution in [-0.2, 0) is 11.2 Å². The van der Waals surface area contributed by atoms with Gasteiger partial charge in [-0.25, -0.2) is 0 Å². The Labute approximate surface area is 145 Å². The summed E-state index contributed by atoms with van der Waals surface area (Å²) < 4.78 is 1.38. The van der Waals surface area contributed by atoms with Crippen molar-refractivity contribution >= 4 is 62.1 Å². The number of anilines is 1. The lowest BCUT2D eigenvalue weighted by Crippen LogP contribution is -2.31. The largest absolute Gasteiger partial charge is 0.315 e. The molecule has 0 saturated carbocycles. The van der Waals surface area contributed by atoms with Gasteiger partial charge in [0.15, 0.2) is 0 Å². The van der Waals surface area contributed by atoms with E-state index in [1.807, 2.05) is 25.2 Å². The summed E-state index contributed by atoms with van der Waals surface area (Å²) in [5.41, 5.74) is 4.28. The molecule has 6 heteroatoms. The van der Waals surface area contributed by atoms with Gasteiger partial charge in [0.2, 0.25) is 5.91 Å². The van der Waals surface area contributed by atoms with Gasteiger partial charge in [-0.15, -0.1) is 11.3 Å². The first-order valence-corrected chi connectivity index (χ1v) is 8.94. The molecule has 1 unspecified atom stereocenters. The Morgan fingerprint density at radius 3 is 2.71 bits per heavy atom. The summed E-state index contributed by atoms with van der Waals surface area (Å²) in [6.45, 7) is 0. The number of hydrogen-bond acceptors (Lipinski definition) is 2. The predicted molar refractivity (Wildman–Crippen MR) is 93.3 cm³/mol. The molecule has 1 aliphatic rings. The summed E-state index contributed by atoms with van der Waals surface area (Å²) in [6, 6.07) is 8.05. The van der Waals surface area contributed by atoms with E-state index in [9.17, 15) is 4.79 Å². The summed E-state index contributed by atoms with van der Waals surface area (Å²) in [7, 11) is 1.82. The Bertz CT molecular complexity index is 716. The van der Waals surface area contributed by atoms with Gasteiger partial charge in [-0.2, -0.15) is 0 Å². The van der Waals surface area contributed by atoms with E-state index in [1.54, 1.807) is 4.90 Å². The highest BCUT2D eigenvalue weighted by Crippen LogP contribution is 2.42. The summed E-state index contributed by atoms with van der Waals surface area (Å²) in [5, 5.41) is 0. The van der Waals surface area contributed by atoms with Gasteiger partial charge in [0.1, 0.15) is 0 Å². The SMILES string of the molecule is CN1C(=O)CCc2cc(C(Br)c3cc(Cl)sc3Cl)ccc21. The van der Waals surface area contributed by atoms with Crippen molar-refractivity contribution in [2.24, 2.45) is 0 Å². The molecule has 1 aliphatic heterocycles. The van der Waals surface area contributed by atoms with Gasteiger partial charge in [0.05, 0.1) is 13.5 Å². The molecule has 1 atom stereocenters. The molecule has 0 fully saturated rings. The molecule has 1 amide bonds. The number of thiophene rings is 1. The van der Waals surface area contributed by atoms with Crippen molar-refractivity contribution in [1.82, 2.24) is 0 Å². The van der Waals surface area contributed by atoms with Crippen LogP contribution in [0.15, 0.2) is 24.3 Å². The van der Waals surface area contributed by atoms with Gasteiger partial charge in [-0.05, 0) is 29.7 Å². The highest BCUT2D eigenvalue weighted by Gasteiger charge is 2.23. The third kappa shape index (κ3) is 2.87. The van der Waals surface area contributed by atoms with Crippen LogP contribution in [0.2, 0.25) is 8.67 Å². The van der Waals surface area contributed by atoms with E-state index in [0.717, 1.165) is 23.2 Å². The van der Waals surface area contributed by atoms with Crippen LogP contribution in [0.25, 0.3) is 0 Å². The van der Waals surface area contributed by atoms with E-state index in [-0.39, 0.29) is 10.7 Å². The third-order valence-corrected chi connectivity index (χ3v) is 6.24. The van der Waals surface area contributed by atoms with Crippen molar-refractivity contribution in [3.8, 4) is 0 Å². The molecule has 0 spiro atoms. The Morgan fingerprint density at radius 1 is 1.29 bits per heavy atom. The van der Waals surface area contributed by atoms with E-state index < -0.39 is 0 Å². The lowest BCUT2D eigenvalue weighted by Gasteiger charge is -2.26. The molecule has 0 bridgehead atoms. The topological polar surface area (TPSA) is 20.3 Å². The lowest BCUT2D eigenvalue weighted by molar-refractivity contribution is -0.118. The van der Waals surface area contributed by atoms with Crippen molar-refractivity contribution in [3.05, 3.63) is 49.6 Å². The number of aryl methyl sites for hydroxylation is 1. The number of rotatable bonds is 2. The van der Waals surface area contributed by atoms with Crippen LogP contribution in [-0.4, -0.2) is 13.0 Å². The van der Waals surface area contributed by atoms with Gasteiger partial charge < -0.3 is 4.90 Å². The number of nitrogens with zero attached hydrogens (tertiary/aromatic N) is 1. The number of benzene rings is 1. The fourth-order valence-electron chi connectivity index (χ4n) is 2.54. The number of amides is 1. The minimum atomic E-state index is 0.00184. The van der Waals surface area contributed by atoms with Crippen LogP contribution in [0.1, 0.15) is 27.9 Å². The molecule has 0 aliphatic carbocycles. The first-order valence-electron chi connectivity index (χ1n) is 6.45. The zero-order valence-electron chi connectivity index (χ0n) is 11.2. The van der Waals surface area contributed by atoms with E-state index in [1.165, 1.54) is 16.9 Å². The Balaban J connectivity index is 1.97. The van der Waals surface area contributed by atoms with Gasteiger partial charge in [0, 0.05) is 24.7 Å². The highest BCUT2D eigenvalue weighted by molar-refractivity contribution is 9.09. The van der Waals surface area contributed by atoms with Crippen LogP contribution in [0.3, 0.4) is 0 Å². The smallest absolute Gasteiger partial charge is 0.227 e. The molecule has 2 heterocycles. The normalized spacial score (nSPS) is 16.0. The van der Waals surface area contributed by atoms with Gasteiger partial charge >= 0.3 is 0 Å². The second-order valence-corrected chi connectivity index (χ2v) is 8.18. The fourth-order valence-corrected chi connectivity index (χ4v) is 5.00. The summed E-state index contributed by atoms with van der Waals surface area (Å²) in [5.74, 6) is 0.165. The van der Waals surface area contributed by atoms with Gasteiger partial charge in [0.25, 0.3) is 0 Å². The monoisotopic (exact) mass is 403 g/mol. The maximum atomic E-state index is 11.7. The molecule has 0 radical (unpaired) electrons. The molecule has 21 heavy (non-hydrogen) atoms. The number of carbonyl (C=O) groups excluding carboxylic acids is 1. The lowest BCUT2D eigenvalue weighted by atomic mass is 9.97. The number of halogens is 3. The van der Waals surface area contributed by atoms with Crippen LogP contribution >= 0.6 is 50.5 Å². The Morgan fingerprint density at radius 2 is 2.05 bits per heavy atom. The van der Waals surface area contributed by atoms with Crippen LogP contribution < -0.4 is 4.90 Å². The first-order chi connectivity index (χ1) is 9.97.